The maximum absolute atomic E-state index is 10.9. The predicted molar refractivity (Wildman–Crippen MR) is 71.6 cm³/mol. The second-order valence-corrected chi connectivity index (χ2v) is 5.40. The molecule has 0 aliphatic rings. The zero-order valence-electron chi connectivity index (χ0n) is 10.2. The first-order chi connectivity index (χ1) is 8.84. The molecule has 5 N–H and O–H groups in total. The lowest BCUT2D eigenvalue weighted by atomic mass is 10.3. The average molecular weight is 282 g/mol. The van der Waals surface area contributed by atoms with Crippen LogP contribution in [0.4, 0.5) is 11.5 Å². The summed E-state index contributed by atoms with van der Waals surface area (Å²) in [5, 5.41) is 4.24. The van der Waals surface area contributed by atoms with Crippen LogP contribution in [0.3, 0.4) is 0 Å². The first kappa shape index (κ1) is 13.4. The summed E-state index contributed by atoms with van der Waals surface area (Å²) in [5.74, 6) is 0.302. The zero-order valence-corrected chi connectivity index (χ0v) is 11.1. The summed E-state index contributed by atoms with van der Waals surface area (Å²) < 4.78 is 32.2. The second-order valence-electron chi connectivity index (χ2n) is 3.98. The van der Waals surface area contributed by atoms with Crippen LogP contribution in [0.15, 0.2) is 29.2 Å². The Balaban J connectivity index is 2.49. The summed E-state index contributed by atoms with van der Waals surface area (Å²) in [6.45, 7) is 1.91. The number of nitrogens with two attached hydrogens (primary N) is 2. The summed E-state index contributed by atoms with van der Waals surface area (Å²) in [4.78, 5) is -0.189. The summed E-state index contributed by atoms with van der Waals surface area (Å²) in [7, 11) is -4.21. The molecular weight excluding hydrogens is 268 g/mol. The standard InChI is InChI=1S/C11H14N4O3S/c1-2-9-10(12)11(13)15(14-9)7-3-5-8(6-4-7)19(16,17)18/h3-6H,2,12-13H2,1H3,(H,16,17,18). The van der Waals surface area contributed by atoms with E-state index in [1.807, 2.05) is 6.92 Å². The molecule has 0 fully saturated rings. The minimum absolute atomic E-state index is 0.189. The maximum Gasteiger partial charge on any atom is 0.294 e. The number of aryl methyl sites for hydroxylation is 1. The van der Waals surface area contributed by atoms with Crippen molar-refractivity contribution >= 4 is 21.6 Å². The second kappa shape index (κ2) is 4.56. The van der Waals surface area contributed by atoms with Gasteiger partial charge in [0.2, 0.25) is 0 Å². The van der Waals surface area contributed by atoms with Crippen LogP contribution in [0.1, 0.15) is 12.6 Å². The van der Waals surface area contributed by atoms with Crippen LogP contribution >= 0.6 is 0 Å². The predicted octanol–water partition coefficient (Wildman–Crippen LogP) is 0.846. The van der Waals surface area contributed by atoms with E-state index in [1.165, 1.54) is 28.9 Å². The van der Waals surface area contributed by atoms with Gasteiger partial charge in [0.25, 0.3) is 10.1 Å². The van der Waals surface area contributed by atoms with Gasteiger partial charge in [-0.2, -0.15) is 13.5 Å². The molecule has 2 aromatic rings. The molecule has 0 unspecified atom stereocenters. The van der Waals surface area contributed by atoms with Crippen LogP contribution in [0.25, 0.3) is 5.69 Å². The van der Waals surface area contributed by atoms with Gasteiger partial charge in [-0.3, -0.25) is 4.55 Å². The van der Waals surface area contributed by atoms with Gasteiger partial charge < -0.3 is 11.5 Å². The first-order valence-electron chi connectivity index (χ1n) is 5.55. The van der Waals surface area contributed by atoms with Gasteiger partial charge in [0.15, 0.2) is 5.82 Å². The van der Waals surface area contributed by atoms with Gasteiger partial charge in [-0.05, 0) is 30.7 Å². The average Bonchev–Trinajstić information content (AvgIpc) is 2.65. The fraction of sp³-hybridized carbons (Fsp3) is 0.182. The van der Waals surface area contributed by atoms with E-state index in [9.17, 15) is 8.42 Å². The molecule has 0 atom stereocenters. The number of hydrogen-bond donors (Lipinski definition) is 3. The van der Waals surface area contributed by atoms with Crippen molar-refractivity contribution in [3.63, 3.8) is 0 Å². The number of rotatable bonds is 3. The Bertz CT molecular complexity index is 704. The molecule has 0 radical (unpaired) electrons. The Hall–Kier alpha value is -2.06. The molecule has 0 aliphatic carbocycles. The van der Waals surface area contributed by atoms with Crippen molar-refractivity contribution < 1.29 is 13.0 Å². The maximum atomic E-state index is 10.9. The van der Waals surface area contributed by atoms with Crippen LogP contribution < -0.4 is 11.5 Å². The molecule has 0 spiro atoms. The molecule has 1 aromatic heterocycles. The molecule has 8 heteroatoms. The van der Waals surface area contributed by atoms with Crippen LogP contribution in [0, 0.1) is 0 Å². The smallest absolute Gasteiger partial charge is 0.294 e. The fourth-order valence-electron chi connectivity index (χ4n) is 1.71. The first-order valence-corrected chi connectivity index (χ1v) is 6.99. The Kier molecular flexibility index (Phi) is 3.21. The van der Waals surface area contributed by atoms with E-state index in [2.05, 4.69) is 5.10 Å². The molecule has 102 valence electrons. The van der Waals surface area contributed by atoms with Gasteiger partial charge in [0.1, 0.15) is 0 Å². The quantitative estimate of drug-likeness (QED) is 0.717. The van der Waals surface area contributed by atoms with Crippen molar-refractivity contribution in [2.75, 3.05) is 11.5 Å². The highest BCUT2D eigenvalue weighted by Crippen LogP contribution is 2.24. The highest BCUT2D eigenvalue weighted by atomic mass is 32.2. The van der Waals surface area contributed by atoms with E-state index in [4.69, 9.17) is 16.0 Å². The lowest BCUT2D eigenvalue weighted by molar-refractivity contribution is 0.483. The minimum Gasteiger partial charge on any atom is -0.394 e. The van der Waals surface area contributed by atoms with Crippen molar-refractivity contribution in [3.05, 3.63) is 30.0 Å². The highest BCUT2D eigenvalue weighted by molar-refractivity contribution is 7.85. The lowest BCUT2D eigenvalue weighted by Gasteiger charge is -2.04. The summed E-state index contributed by atoms with van der Waals surface area (Å²) in [6.07, 6.45) is 0.645. The number of hydrogen-bond acceptors (Lipinski definition) is 5. The van der Waals surface area contributed by atoms with E-state index < -0.39 is 10.1 Å². The third-order valence-corrected chi connectivity index (χ3v) is 3.62. The Morgan fingerprint density at radius 1 is 1.26 bits per heavy atom. The molecule has 0 aliphatic heterocycles. The molecule has 7 nitrogen and oxygen atoms in total. The van der Waals surface area contributed by atoms with Gasteiger partial charge in [-0.1, -0.05) is 6.92 Å². The van der Waals surface area contributed by atoms with Crippen molar-refractivity contribution in [1.82, 2.24) is 9.78 Å². The van der Waals surface area contributed by atoms with Gasteiger partial charge in [0, 0.05) is 0 Å². The molecule has 0 amide bonds. The largest absolute Gasteiger partial charge is 0.394 e. The van der Waals surface area contributed by atoms with E-state index in [0.29, 0.717) is 29.3 Å². The van der Waals surface area contributed by atoms with Crippen molar-refractivity contribution in [2.45, 2.75) is 18.2 Å². The number of aromatic nitrogens is 2. The Morgan fingerprint density at radius 3 is 2.26 bits per heavy atom. The highest BCUT2D eigenvalue weighted by Gasteiger charge is 2.14. The van der Waals surface area contributed by atoms with E-state index in [-0.39, 0.29) is 4.90 Å². The SMILES string of the molecule is CCc1nn(-c2ccc(S(=O)(=O)O)cc2)c(N)c1N. The molecule has 0 bridgehead atoms. The summed E-state index contributed by atoms with van der Waals surface area (Å²) in [5.41, 5.74) is 13.3. The molecule has 0 saturated heterocycles. The van der Waals surface area contributed by atoms with Crippen LogP contribution in [-0.4, -0.2) is 22.8 Å². The molecule has 1 aromatic carbocycles. The van der Waals surface area contributed by atoms with E-state index >= 15 is 0 Å². The number of anilines is 2. The molecule has 1 heterocycles. The number of benzene rings is 1. The van der Waals surface area contributed by atoms with Crippen molar-refractivity contribution in [2.24, 2.45) is 0 Å². The molecular formula is C11H14N4O3S. The van der Waals surface area contributed by atoms with Gasteiger partial charge in [-0.15, -0.1) is 0 Å². The lowest BCUT2D eigenvalue weighted by Crippen LogP contribution is -2.04. The summed E-state index contributed by atoms with van der Waals surface area (Å²) in [6, 6.07) is 5.53. The summed E-state index contributed by atoms with van der Waals surface area (Å²) >= 11 is 0. The Labute approximate surface area is 110 Å². The van der Waals surface area contributed by atoms with E-state index in [1.54, 1.807) is 0 Å². The van der Waals surface area contributed by atoms with Crippen molar-refractivity contribution in [1.29, 1.82) is 0 Å². The third-order valence-electron chi connectivity index (χ3n) is 2.75. The third kappa shape index (κ3) is 2.40. The normalized spacial score (nSPS) is 11.7. The molecule has 0 saturated carbocycles. The number of nitrogen functional groups attached to an aromatic ring is 2. The van der Waals surface area contributed by atoms with Crippen LogP contribution in [0.2, 0.25) is 0 Å². The molecule has 19 heavy (non-hydrogen) atoms. The Morgan fingerprint density at radius 2 is 1.84 bits per heavy atom. The fourth-order valence-corrected chi connectivity index (χ4v) is 2.19. The molecule has 2 rings (SSSR count). The van der Waals surface area contributed by atoms with Crippen LogP contribution in [0.5, 0.6) is 0 Å². The van der Waals surface area contributed by atoms with Crippen LogP contribution in [-0.2, 0) is 16.5 Å². The monoisotopic (exact) mass is 282 g/mol. The van der Waals surface area contributed by atoms with Gasteiger partial charge in [0.05, 0.1) is 22.0 Å². The minimum atomic E-state index is -4.21. The van der Waals surface area contributed by atoms with Gasteiger partial charge in [-0.25, -0.2) is 4.68 Å². The topological polar surface area (TPSA) is 124 Å². The number of nitrogens with zero attached hydrogens (tertiary/aromatic N) is 2. The van der Waals surface area contributed by atoms with Crippen molar-refractivity contribution in [3.8, 4) is 5.69 Å². The van der Waals surface area contributed by atoms with Gasteiger partial charge >= 0.3 is 0 Å². The zero-order chi connectivity index (χ0) is 14.2. The van der Waals surface area contributed by atoms with E-state index in [0.717, 1.165) is 0 Å².